The molecular weight excluding hydrogens is 396 g/mol. The average molecular weight is 422 g/mol. The Hall–Kier alpha value is -2.05. The number of halogens is 1. The number of likely N-dealkylation sites (N-methyl/N-ethyl adjacent to an activating group) is 1. The Morgan fingerprint density at radius 3 is 2.46 bits per heavy atom. The van der Waals surface area contributed by atoms with E-state index in [0.717, 1.165) is 26.2 Å². The standard InChI is InChI=1S/C20H25BrN2O3/c1-14(15-8-10-17(21)11-9-15)22-19(24)13-23(2)12-16-6-5-7-18(25-3)20(16)26-4/h5-11,14H,12-13H2,1-4H3,(H,22,24)/p+1/t14-/m0/s1. The highest BCUT2D eigenvalue weighted by Gasteiger charge is 2.17. The summed E-state index contributed by atoms with van der Waals surface area (Å²) in [5, 5.41) is 3.05. The second kappa shape index (κ2) is 9.59. The van der Waals surface area contributed by atoms with Crippen molar-refractivity contribution in [2.24, 2.45) is 0 Å². The molecule has 0 aliphatic rings. The first-order valence-electron chi connectivity index (χ1n) is 8.50. The van der Waals surface area contributed by atoms with Crippen LogP contribution in [0.15, 0.2) is 46.9 Å². The van der Waals surface area contributed by atoms with Crippen molar-refractivity contribution in [1.82, 2.24) is 5.32 Å². The molecule has 0 aromatic heterocycles. The molecule has 0 aliphatic carbocycles. The zero-order valence-corrected chi connectivity index (χ0v) is 17.2. The van der Waals surface area contributed by atoms with Crippen LogP contribution >= 0.6 is 15.9 Å². The summed E-state index contributed by atoms with van der Waals surface area (Å²) in [5.74, 6) is 1.43. The molecule has 0 aliphatic heterocycles. The lowest BCUT2D eigenvalue weighted by Crippen LogP contribution is -3.08. The summed E-state index contributed by atoms with van der Waals surface area (Å²) in [7, 11) is 5.24. The number of benzene rings is 2. The minimum atomic E-state index is -0.0326. The van der Waals surface area contributed by atoms with Gasteiger partial charge in [0, 0.05) is 4.47 Å². The predicted octanol–water partition coefficient (Wildman–Crippen LogP) is 2.36. The number of nitrogens with one attached hydrogen (secondary N) is 2. The third-order valence-corrected chi connectivity index (χ3v) is 4.72. The molecule has 0 saturated heterocycles. The van der Waals surface area contributed by atoms with E-state index in [1.54, 1.807) is 14.2 Å². The largest absolute Gasteiger partial charge is 0.493 e. The number of ether oxygens (including phenoxy) is 2. The number of methoxy groups -OCH3 is 2. The van der Waals surface area contributed by atoms with Gasteiger partial charge < -0.3 is 19.7 Å². The number of hydrogen-bond donors (Lipinski definition) is 2. The molecule has 26 heavy (non-hydrogen) atoms. The molecule has 140 valence electrons. The van der Waals surface area contributed by atoms with E-state index in [2.05, 4.69) is 21.2 Å². The van der Waals surface area contributed by atoms with Crippen LogP contribution in [0.5, 0.6) is 11.5 Å². The summed E-state index contributed by atoms with van der Waals surface area (Å²) >= 11 is 3.42. The van der Waals surface area contributed by atoms with Gasteiger partial charge in [-0.25, -0.2) is 0 Å². The molecular formula is C20H26BrN2O3+. The van der Waals surface area contributed by atoms with Crippen molar-refractivity contribution >= 4 is 21.8 Å². The van der Waals surface area contributed by atoms with E-state index in [0.29, 0.717) is 18.8 Å². The average Bonchev–Trinajstić information content (AvgIpc) is 2.61. The monoisotopic (exact) mass is 421 g/mol. The summed E-state index contributed by atoms with van der Waals surface area (Å²) in [6.45, 7) is 3.03. The van der Waals surface area contributed by atoms with Crippen molar-refractivity contribution in [3.8, 4) is 11.5 Å². The Kier molecular flexibility index (Phi) is 7.48. The van der Waals surface area contributed by atoms with Crippen LogP contribution in [0.4, 0.5) is 0 Å². The molecule has 0 radical (unpaired) electrons. The smallest absolute Gasteiger partial charge is 0.275 e. The normalized spacial score (nSPS) is 13.0. The van der Waals surface area contributed by atoms with Gasteiger partial charge in [0.15, 0.2) is 18.0 Å². The molecule has 2 atom stereocenters. The zero-order valence-electron chi connectivity index (χ0n) is 15.6. The van der Waals surface area contributed by atoms with Crippen LogP contribution in [-0.2, 0) is 11.3 Å². The number of rotatable bonds is 8. The van der Waals surface area contributed by atoms with Crippen molar-refractivity contribution in [1.29, 1.82) is 0 Å². The number of amides is 1. The molecule has 2 N–H and O–H groups in total. The number of carbonyl (C=O) groups is 1. The van der Waals surface area contributed by atoms with Gasteiger partial charge >= 0.3 is 0 Å². The summed E-state index contributed by atoms with van der Waals surface area (Å²) in [5.41, 5.74) is 2.09. The minimum absolute atomic E-state index is 0.0137. The molecule has 0 saturated carbocycles. The lowest BCUT2D eigenvalue weighted by Gasteiger charge is -2.19. The van der Waals surface area contributed by atoms with Gasteiger partial charge in [-0.1, -0.05) is 34.1 Å². The third kappa shape index (κ3) is 5.47. The van der Waals surface area contributed by atoms with Gasteiger partial charge in [0.1, 0.15) is 6.54 Å². The molecule has 2 aromatic rings. The van der Waals surface area contributed by atoms with Crippen LogP contribution in [0, 0.1) is 0 Å². The fraction of sp³-hybridized carbons (Fsp3) is 0.350. The van der Waals surface area contributed by atoms with Crippen LogP contribution in [0.1, 0.15) is 24.1 Å². The maximum absolute atomic E-state index is 12.4. The molecule has 1 unspecified atom stereocenters. The number of carbonyl (C=O) groups excluding carboxylic acids is 1. The van der Waals surface area contributed by atoms with Gasteiger partial charge in [0.2, 0.25) is 0 Å². The van der Waals surface area contributed by atoms with Crippen LogP contribution in [0.25, 0.3) is 0 Å². The molecule has 2 rings (SSSR count). The van der Waals surface area contributed by atoms with Crippen molar-refractivity contribution in [2.45, 2.75) is 19.5 Å². The van der Waals surface area contributed by atoms with E-state index in [1.165, 1.54) is 0 Å². The Morgan fingerprint density at radius 1 is 1.15 bits per heavy atom. The highest BCUT2D eigenvalue weighted by atomic mass is 79.9. The Bertz CT molecular complexity index is 734. The van der Waals surface area contributed by atoms with Gasteiger partial charge in [0.25, 0.3) is 5.91 Å². The Balaban J connectivity index is 1.94. The number of quaternary nitrogens is 1. The molecule has 0 bridgehead atoms. The molecule has 1 amide bonds. The lowest BCUT2D eigenvalue weighted by molar-refractivity contribution is -0.885. The van der Waals surface area contributed by atoms with Gasteiger partial charge in [-0.15, -0.1) is 0 Å². The van der Waals surface area contributed by atoms with E-state index in [-0.39, 0.29) is 11.9 Å². The first-order valence-corrected chi connectivity index (χ1v) is 9.30. The molecule has 6 heteroatoms. The van der Waals surface area contributed by atoms with Gasteiger partial charge in [0.05, 0.1) is 32.9 Å². The zero-order chi connectivity index (χ0) is 19.1. The molecule has 0 fully saturated rings. The second-order valence-corrected chi connectivity index (χ2v) is 7.22. The van der Waals surface area contributed by atoms with E-state index >= 15 is 0 Å². The van der Waals surface area contributed by atoms with E-state index in [1.807, 2.05) is 56.4 Å². The van der Waals surface area contributed by atoms with Gasteiger partial charge in [-0.05, 0) is 36.8 Å². The highest BCUT2D eigenvalue weighted by molar-refractivity contribution is 9.10. The van der Waals surface area contributed by atoms with Gasteiger partial charge in [-0.2, -0.15) is 0 Å². The molecule has 0 spiro atoms. The molecule has 2 aromatic carbocycles. The SMILES string of the molecule is COc1cccc(C[NH+](C)CC(=O)N[C@@H](C)c2ccc(Br)cc2)c1OC. The maximum atomic E-state index is 12.4. The van der Waals surface area contributed by atoms with Crippen molar-refractivity contribution in [3.63, 3.8) is 0 Å². The molecule has 0 heterocycles. The fourth-order valence-corrected chi connectivity index (χ4v) is 3.15. The number of para-hydroxylation sites is 1. The quantitative estimate of drug-likeness (QED) is 0.687. The first-order chi connectivity index (χ1) is 12.4. The predicted molar refractivity (Wildman–Crippen MR) is 106 cm³/mol. The number of hydrogen-bond acceptors (Lipinski definition) is 3. The van der Waals surface area contributed by atoms with E-state index in [9.17, 15) is 4.79 Å². The lowest BCUT2D eigenvalue weighted by atomic mass is 10.1. The van der Waals surface area contributed by atoms with Crippen molar-refractivity contribution in [2.75, 3.05) is 27.8 Å². The topological polar surface area (TPSA) is 52.0 Å². The highest BCUT2D eigenvalue weighted by Crippen LogP contribution is 2.30. The van der Waals surface area contributed by atoms with Crippen LogP contribution < -0.4 is 19.7 Å². The summed E-state index contributed by atoms with van der Waals surface area (Å²) < 4.78 is 11.8. The van der Waals surface area contributed by atoms with Crippen LogP contribution in [0.3, 0.4) is 0 Å². The Morgan fingerprint density at radius 2 is 1.85 bits per heavy atom. The van der Waals surface area contributed by atoms with Crippen molar-refractivity contribution in [3.05, 3.63) is 58.1 Å². The van der Waals surface area contributed by atoms with Crippen LogP contribution in [0.2, 0.25) is 0 Å². The van der Waals surface area contributed by atoms with E-state index < -0.39 is 0 Å². The maximum Gasteiger partial charge on any atom is 0.275 e. The first kappa shape index (κ1) is 20.3. The van der Waals surface area contributed by atoms with Crippen LogP contribution in [-0.4, -0.2) is 33.7 Å². The molecule has 5 nitrogen and oxygen atoms in total. The minimum Gasteiger partial charge on any atom is -0.493 e. The summed E-state index contributed by atoms with van der Waals surface area (Å²) in [6, 6.07) is 13.7. The third-order valence-electron chi connectivity index (χ3n) is 4.19. The Labute approximate surface area is 163 Å². The van der Waals surface area contributed by atoms with Crippen molar-refractivity contribution < 1.29 is 19.2 Å². The summed E-state index contributed by atoms with van der Waals surface area (Å²) in [6.07, 6.45) is 0. The fourth-order valence-electron chi connectivity index (χ4n) is 2.88. The van der Waals surface area contributed by atoms with E-state index in [4.69, 9.17) is 9.47 Å². The van der Waals surface area contributed by atoms with Gasteiger partial charge in [-0.3, -0.25) is 4.79 Å². The summed E-state index contributed by atoms with van der Waals surface area (Å²) in [4.78, 5) is 13.4. The second-order valence-electron chi connectivity index (χ2n) is 6.30.